The second-order valence-electron chi connectivity index (χ2n) is 5.69. The van der Waals surface area contributed by atoms with Crippen molar-refractivity contribution in [2.45, 2.75) is 45.6 Å². The third kappa shape index (κ3) is 5.83. The van der Waals surface area contributed by atoms with Crippen LogP contribution in [0.2, 0.25) is 0 Å². The van der Waals surface area contributed by atoms with Crippen LogP contribution in [0, 0.1) is 5.92 Å². The van der Waals surface area contributed by atoms with Gasteiger partial charge in [-0.2, -0.15) is 0 Å². The average molecular weight is 308 g/mol. The van der Waals surface area contributed by atoms with Crippen LogP contribution in [0.3, 0.4) is 0 Å². The SMILES string of the molecule is CC(C)C[C@@H](C(=O)O)N(NO)C(=O)CCCc1ccccc1. The van der Waals surface area contributed by atoms with Crippen LogP contribution in [0.1, 0.15) is 38.7 Å². The molecular weight excluding hydrogens is 284 g/mol. The van der Waals surface area contributed by atoms with Gasteiger partial charge in [-0.25, -0.2) is 9.80 Å². The van der Waals surface area contributed by atoms with E-state index in [1.807, 2.05) is 44.2 Å². The van der Waals surface area contributed by atoms with Gasteiger partial charge in [-0.1, -0.05) is 44.2 Å². The first-order valence-electron chi connectivity index (χ1n) is 7.44. The molecule has 1 rings (SSSR count). The number of nitrogens with zero attached hydrogens (tertiary/aromatic N) is 1. The van der Waals surface area contributed by atoms with E-state index in [1.54, 1.807) is 5.59 Å². The molecule has 1 aromatic carbocycles. The number of aliphatic carboxylic acids is 1. The summed E-state index contributed by atoms with van der Waals surface area (Å²) in [5, 5.41) is 19.2. The Bertz CT molecular complexity index is 476. The van der Waals surface area contributed by atoms with E-state index < -0.39 is 17.9 Å². The molecule has 0 saturated heterocycles. The normalized spacial score (nSPS) is 12.2. The predicted molar refractivity (Wildman–Crippen MR) is 82.0 cm³/mol. The topological polar surface area (TPSA) is 89.9 Å². The number of nitrogens with one attached hydrogen (secondary N) is 1. The molecule has 0 aliphatic heterocycles. The summed E-state index contributed by atoms with van der Waals surface area (Å²) in [5.41, 5.74) is 2.86. The van der Waals surface area contributed by atoms with Crippen molar-refractivity contribution >= 4 is 11.9 Å². The second kappa shape index (κ2) is 9.17. The van der Waals surface area contributed by atoms with Gasteiger partial charge < -0.3 is 5.11 Å². The van der Waals surface area contributed by atoms with Crippen molar-refractivity contribution in [2.24, 2.45) is 5.92 Å². The molecule has 22 heavy (non-hydrogen) atoms. The summed E-state index contributed by atoms with van der Waals surface area (Å²) in [7, 11) is 0. The minimum atomic E-state index is -1.13. The molecule has 1 atom stereocenters. The Morgan fingerprint density at radius 2 is 1.86 bits per heavy atom. The molecule has 6 nitrogen and oxygen atoms in total. The van der Waals surface area contributed by atoms with E-state index in [1.165, 1.54) is 0 Å². The Hall–Kier alpha value is -1.92. The highest BCUT2D eigenvalue weighted by atomic mass is 16.5. The molecule has 0 heterocycles. The zero-order valence-electron chi connectivity index (χ0n) is 13.0. The van der Waals surface area contributed by atoms with Gasteiger partial charge in [0.05, 0.1) is 0 Å². The minimum Gasteiger partial charge on any atom is -0.480 e. The van der Waals surface area contributed by atoms with E-state index in [0.29, 0.717) is 6.42 Å². The Labute approximate surface area is 130 Å². The summed E-state index contributed by atoms with van der Waals surface area (Å²) < 4.78 is 0. The maximum atomic E-state index is 12.1. The lowest BCUT2D eigenvalue weighted by Crippen LogP contribution is -2.52. The zero-order valence-corrected chi connectivity index (χ0v) is 13.0. The zero-order chi connectivity index (χ0) is 16.5. The standard InChI is InChI=1S/C16H24N2O4/c1-12(2)11-14(16(20)21)18(17-22)15(19)10-6-9-13-7-4-3-5-8-13/h3-5,7-8,12,14,17,22H,6,9-11H2,1-2H3,(H,20,21)/t14-/m0/s1. The molecule has 0 aliphatic carbocycles. The van der Waals surface area contributed by atoms with Gasteiger partial charge in [0.25, 0.3) is 0 Å². The first-order valence-corrected chi connectivity index (χ1v) is 7.44. The molecule has 0 unspecified atom stereocenters. The number of carbonyl (C=O) groups is 2. The lowest BCUT2D eigenvalue weighted by Gasteiger charge is -2.27. The third-order valence-electron chi connectivity index (χ3n) is 3.37. The summed E-state index contributed by atoms with van der Waals surface area (Å²) in [6, 6.07) is 8.67. The van der Waals surface area contributed by atoms with Gasteiger partial charge in [0, 0.05) is 6.42 Å². The fraction of sp³-hybridized carbons (Fsp3) is 0.500. The molecule has 0 bridgehead atoms. The number of carbonyl (C=O) groups excluding carboxylic acids is 1. The van der Waals surface area contributed by atoms with Crippen LogP contribution in [0.15, 0.2) is 30.3 Å². The quantitative estimate of drug-likeness (QED) is 0.609. The highest BCUT2D eigenvalue weighted by molar-refractivity contribution is 5.83. The molecule has 0 aromatic heterocycles. The van der Waals surface area contributed by atoms with E-state index in [-0.39, 0.29) is 18.8 Å². The van der Waals surface area contributed by atoms with E-state index in [0.717, 1.165) is 17.0 Å². The van der Waals surface area contributed by atoms with Crippen molar-refractivity contribution in [1.29, 1.82) is 0 Å². The van der Waals surface area contributed by atoms with Crippen LogP contribution in [0.25, 0.3) is 0 Å². The Morgan fingerprint density at radius 3 is 2.36 bits per heavy atom. The lowest BCUT2D eigenvalue weighted by atomic mass is 10.0. The van der Waals surface area contributed by atoms with Crippen molar-refractivity contribution < 1.29 is 19.9 Å². The Balaban J connectivity index is 2.57. The number of amides is 1. The van der Waals surface area contributed by atoms with Crippen LogP contribution in [-0.4, -0.2) is 33.2 Å². The molecular formula is C16H24N2O4. The summed E-state index contributed by atoms with van der Waals surface area (Å²) in [6.07, 6.45) is 1.76. The van der Waals surface area contributed by atoms with Crippen molar-refractivity contribution in [3.63, 3.8) is 0 Å². The number of aryl methyl sites for hydroxylation is 1. The second-order valence-corrected chi connectivity index (χ2v) is 5.69. The van der Waals surface area contributed by atoms with Gasteiger partial charge in [0.1, 0.15) is 6.04 Å². The van der Waals surface area contributed by atoms with Crippen LogP contribution < -0.4 is 5.59 Å². The van der Waals surface area contributed by atoms with E-state index in [2.05, 4.69) is 0 Å². The fourth-order valence-electron chi connectivity index (χ4n) is 2.27. The molecule has 0 radical (unpaired) electrons. The van der Waals surface area contributed by atoms with Gasteiger partial charge >= 0.3 is 5.97 Å². The van der Waals surface area contributed by atoms with Gasteiger partial charge in [0.15, 0.2) is 0 Å². The van der Waals surface area contributed by atoms with Crippen molar-refractivity contribution in [2.75, 3.05) is 0 Å². The van der Waals surface area contributed by atoms with Crippen LogP contribution in [-0.2, 0) is 16.0 Å². The molecule has 0 fully saturated rings. The molecule has 6 heteroatoms. The monoisotopic (exact) mass is 308 g/mol. The number of hydrogen-bond donors (Lipinski definition) is 3. The highest BCUT2D eigenvalue weighted by Crippen LogP contribution is 2.13. The first kappa shape index (κ1) is 18.1. The first-order chi connectivity index (χ1) is 10.5. The molecule has 1 amide bonds. The smallest absolute Gasteiger partial charge is 0.328 e. The van der Waals surface area contributed by atoms with Gasteiger partial charge in [-0.05, 0) is 30.7 Å². The largest absolute Gasteiger partial charge is 0.480 e. The van der Waals surface area contributed by atoms with Crippen LogP contribution in [0.4, 0.5) is 0 Å². The van der Waals surface area contributed by atoms with Gasteiger partial charge in [0.2, 0.25) is 5.91 Å². The molecule has 122 valence electrons. The lowest BCUT2D eigenvalue weighted by molar-refractivity contribution is -0.165. The average Bonchev–Trinajstić information content (AvgIpc) is 2.47. The number of carboxylic acids is 1. The van der Waals surface area contributed by atoms with Gasteiger partial charge in [-0.3, -0.25) is 10.0 Å². The molecule has 0 aliphatic rings. The Kier molecular flexibility index (Phi) is 7.56. The number of benzene rings is 1. The fourth-order valence-corrected chi connectivity index (χ4v) is 2.27. The van der Waals surface area contributed by atoms with Crippen LogP contribution >= 0.6 is 0 Å². The molecule has 0 spiro atoms. The van der Waals surface area contributed by atoms with E-state index >= 15 is 0 Å². The molecule has 3 N–H and O–H groups in total. The maximum Gasteiger partial charge on any atom is 0.328 e. The predicted octanol–water partition coefficient (Wildman–Crippen LogP) is 2.23. The summed E-state index contributed by atoms with van der Waals surface area (Å²) in [5.74, 6) is -1.47. The number of carboxylic acid groups (broad SMARTS) is 1. The number of hydrogen-bond acceptors (Lipinski definition) is 4. The third-order valence-corrected chi connectivity index (χ3v) is 3.37. The molecule has 0 saturated carbocycles. The maximum absolute atomic E-state index is 12.1. The van der Waals surface area contributed by atoms with Gasteiger partial charge in [-0.15, -0.1) is 5.59 Å². The summed E-state index contributed by atoms with van der Waals surface area (Å²) in [6.45, 7) is 3.73. The summed E-state index contributed by atoms with van der Waals surface area (Å²) >= 11 is 0. The van der Waals surface area contributed by atoms with Crippen molar-refractivity contribution in [1.82, 2.24) is 10.6 Å². The Morgan fingerprint density at radius 1 is 1.23 bits per heavy atom. The van der Waals surface area contributed by atoms with Crippen molar-refractivity contribution in [3.8, 4) is 0 Å². The van der Waals surface area contributed by atoms with E-state index in [4.69, 9.17) is 5.21 Å². The highest BCUT2D eigenvalue weighted by Gasteiger charge is 2.29. The van der Waals surface area contributed by atoms with Crippen molar-refractivity contribution in [3.05, 3.63) is 35.9 Å². The number of hydrazine groups is 1. The molecule has 1 aromatic rings. The van der Waals surface area contributed by atoms with Crippen LogP contribution in [0.5, 0.6) is 0 Å². The minimum absolute atomic E-state index is 0.0917. The van der Waals surface area contributed by atoms with E-state index in [9.17, 15) is 14.7 Å². The summed E-state index contributed by atoms with van der Waals surface area (Å²) in [4.78, 5) is 23.4. The number of rotatable bonds is 9.